The summed E-state index contributed by atoms with van der Waals surface area (Å²) in [5.41, 5.74) is 3.77. The van der Waals surface area contributed by atoms with Gasteiger partial charge in [-0.3, -0.25) is 9.97 Å². The van der Waals surface area contributed by atoms with Gasteiger partial charge in [0.2, 0.25) is 0 Å². The Kier molecular flexibility index (Phi) is 5.30. The van der Waals surface area contributed by atoms with Gasteiger partial charge in [-0.25, -0.2) is 9.37 Å². The van der Waals surface area contributed by atoms with Crippen molar-refractivity contribution < 1.29 is 4.39 Å². The summed E-state index contributed by atoms with van der Waals surface area (Å²) < 4.78 is 13.0. The van der Waals surface area contributed by atoms with Gasteiger partial charge in [-0.1, -0.05) is 12.1 Å². The number of pyridine rings is 1. The van der Waals surface area contributed by atoms with Crippen LogP contribution in [0.25, 0.3) is 11.3 Å². The van der Waals surface area contributed by atoms with Gasteiger partial charge in [0.05, 0.1) is 18.1 Å². The molecular weight excluding hydrogens is 317 g/mol. The Labute approximate surface area is 146 Å². The Morgan fingerprint density at radius 1 is 1.04 bits per heavy atom. The highest BCUT2D eigenvalue weighted by molar-refractivity contribution is 5.58. The maximum atomic E-state index is 13.0. The van der Waals surface area contributed by atoms with Gasteiger partial charge >= 0.3 is 0 Å². The van der Waals surface area contributed by atoms with E-state index in [1.807, 2.05) is 26.2 Å². The van der Waals surface area contributed by atoms with E-state index in [-0.39, 0.29) is 11.9 Å². The number of rotatable bonds is 6. The number of aromatic nitrogens is 3. The number of hydrogen-bond donors (Lipinski definition) is 2. The predicted molar refractivity (Wildman–Crippen MR) is 96.5 cm³/mol. The van der Waals surface area contributed by atoms with Gasteiger partial charge in [0.15, 0.2) is 0 Å². The van der Waals surface area contributed by atoms with Gasteiger partial charge in [0, 0.05) is 30.5 Å². The Hall–Kier alpha value is -2.86. The molecule has 2 aromatic heterocycles. The summed E-state index contributed by atoms with van der Waals surface area (Å²) in [5.74, 6) is 0.425. The number of nitrogens with zero attached hydrogens (tertiary/aromatic N) is 3. The summed E-state index contributed by atoms with van der Waals surface area (Å²) in [5, 5.41) is 6.37. The van der Waals surface area contributed by atoms with E-state index in [1.165, 1.54) is 12.1 Å². The van der Waals surface area contributed by atoms with Crippen LogP contribution in [0.15, 0.2) is 55.1 Å². The molecule has 0 radical (unpaired) electrons. The Morgan fingerprint density at radius 3 is 2.52 bits per heavy atom. The average Bonchev–Trinajstić information content (AvgIpc) is 2.63. The van der Waals surface area contributed by atoms with Crippen LogP contribution in [0, 0.1) is 5.82 Å². The molecule has 25 heavy (non-hydrogen) atoms. The third-order valence-corrected chi connectivity index (χ3v) is 3.86. The first-order valence-corrected chi connectivity index (χ1v) is 8.08. The van der Waals surface area contributed by atoms with Crippen molar-refractivity contribution in [3.8, 4) is 11.3 Å². The molecule has 1 atom stereocenters. The maximum absolute atomic E-state index is 13.0. The smallest absolute Gasteiger partial charge is 0.144 e. The maximum Gasteiger partial charge on any atom is 0.144 e. The highest BCUT2D eigenvalue weighted by atomic mass is 19.1. The molecule has 2 N–H and O–H groups in total. The second-order valence-electron chi connectivity index (χ2n) is 5.82. The molecule has 2 heterocycles. The van der Waals surface area contributed by atoms with Crippen LogP contribution in [-0.4, -0.2) is 22.0 Å². The molecule has 0 saturated heterocycles. The quantitative estimate of drug-likeness (QED) is 0.720. The number of nitrogens with one attached hydrogen (secondary N) is 2. The van der Waals surface area contributed by atoms with Crippen molar-refractivity contribution in [3.05, 3.63) is 72.1 Å². The van der Waals surface area contributed by atoms with Crippen LogP contribution in [0.1, 0.15) is 24.1 Å². The second kappa shape index (κ2) is 7.81. The first kappa shape index (κ1) is 17.0. The number of benzene rings is 1. The molecule has 0 bridgehead atoms. The fourth-order valence-electron chi connectivity index (χ4n) is 2.54. The SMILES string of the molecule is CNCc1cncc(-c2cnc(N[C@H](C)c3ccc(F)cc3)cn2)c1. The van der Waals surface area contributed by atoms with Gasteiger partial charge in [-0.05, 0) is 43.3 Å². The van der Waals surface area contributed by atoms with Crippen LogP contribution in [0.5, 0.6) is 0 Å². The molecule has 0 amide bonds. The summed E-state index contributed by atoms with van der Waals surface area (Å²) in [4.78, 5) is 13.1. The van der Waals surface area contributed by atoms with Gasteiger partial charge < -0.3 is 10.6 Å². The minimum Gasteiger partial charge on any atom is -0.362 e. The fourth-order valence-corrected chi connectivity index (χ4v) is 2.54. The molecule has 0 fully saturated rings. The Bertz CT molecular complexity index is 818. The van der Waals surface area contributed by atoms with Crippen molar-refractivity contribution in [3.63, 3.8) is 0 Å². The van der Waals surface area contributed by atoms with Crippen molar-refractivity contribution in [1.29, 1.82) is 0 Å². The Balaban J connectivity index is 1.71. The monoisotopic (exact) mass is 337 g/mol. The van der Waals surface area contributed by atoms with E-state index in [1.54, 1.807) is 30.7 Å². The molecule has 3 rings (SSSR count). The average molecular weight is 337 g/mol. The summed E-state index contributed by atoms with van der Waals surface area (Å²) in [6.45, 7) is 2.75. The normalized spacial score (nSPS) is 12.0. The third-order valence-electron chi connectivity index (χ3n) is 3.86. The minimum atomic E-state index is -0.241. The standard InChI is InChI=1S/C19H20FN5/c1-13(15-3-5-17(20)6-4-15)25-19-12-23-18(11-24-19)16-7-14(8-21-2)9-22-10-16/h3-7,9-13,21H,8H2,1-2H3,(H,24,25)/t13-/m1/s1. The van der Waals surface area contributed by atoms with Crippen molar-refractivity contribution in [1.82, 2.24) is 20.3 Å². The molecule has 0 aliphatic carbocycles. The lowest BCUT2D eigenvalue weighted by molar-refractivity contribution is 0.626. The first-order valence-electron chi connectivity index (χ1n) is 8.08. The molecule has 128 valence electrons. The van der Waals surface area contributed by atoms with Crippen molar-refractivity contribution in [2.24, 2.45) is 0 Å². The molecule has 0 aliphatic heterocycles. The molecule has 0 aliphatic rings. The highest BCUT2D eigenvalue weighted by Crippen LogP contribution is 2.20. The molecule has 3 aromatic rings. The van der Waals surface area contributed by atoms with Crippen LogP contribution in [0.4, 0.5) is 10.2 Å². The minimum absolute atomic E-state index is 0.00127. The predicted octanol–water partition coefficient (Wildman–Crippen LogP) is 3.57. The van der Waals surface area contributed by atoms with Gasteiger partial charge in [0.25, 0.3) is 0 Å². The molecule has 0 unspecified atom stereocenters. The number of hydrogen-bond acceptors (Lipinski definition) is 5. The topological polar surface area (TPSA) is 62.7 Å². The van der Waals surface area contributed by atoms with Crippen LogP contribution < -0.4 is 10.6 Å². The molecule has 0 saturated carbocycles. The molecule has 1 aromatic carbocycles. The summed E-state index contributed by atoms with van der Waals surface area (Å²) in [6, 6.07) is 8.46. The first-order chi connectivity index (χ1) is 12.2. The van der Waals surface area contributed by atoms with Gasteiger partial charge in [-0.2, -0.15) is 0 Å². The lowest BCUT2D eigenvalue weighted by Gasteiger charge is -2.15. The summed E-state index contributed by atoms with van der Waals surface area (Å²) in [7, 11) is 1.90. The lowest BCUT2D eigenvalue weighted by Crippen LogP contribution is -2.08. The third kappa shape index (κ3) is 4.36. The zero-order valence-corrected chi connectivity index (χ0v) is 14.2. The number of halogens is 1. The lowest BCUT2D eigenvalue weighted by atomic mass is 10.1. The van der Waals surface area contributed by atoms with E-state index >= 15 is 0 Å². The van der Waals surface area contributed by atoms with Crippen molar-refractivity contribution >= 4 is 5.82 Å². The van der Waals surface area contributed by atoms with Crippen molar-refractivity contribution in [2.75, 3.05) is 12.4 Å². The second-order valence-corrected chi connectivity index (χ2v) is 5.82. The van der Waals surface area contributed by atoms with Crippen LogP contribution in [0.3, 0.4) is 0 Å². The Morgan fingerprint density at radius 2 is 1.84 bits per heavy atom. The van der Waals surface area contributed by atoms with E-state index in [9.17, 15) is 4.39 Å². The highest BCUT2D eigenvalue weighted by Gasteiger charge is 2.08. The van der Waals surface area contributed by atoms with E-state index in [0.29, 0.717) is 5.82 Å². The van der Waals surface area contributed by atoms with E-state index in [0.717, 1.165) is 28.9 Å². The zero-order chi connectivity index (χ0) is 17.6. The summed E-state index contributed by atoms with van der Waals surface area (Å²) in [6.07, 6.45) is 7.02. The summed E-state index contributed by atoms with van der Waals surface area (Å²) >= 11 is 0. The molecular formula is C19H20FN5. The van der Waals surface area contributed by atoms with Crippen LogP contribution in [-0.2, 0) is 6.54 Å². The van der Waals surface area contributed by atoms with E-state index in [2.05, 4.69) is 25.6 Å². The molecule has 0 spiro atoms. The largest absolute Gasteiger partial charge is 0.362 e. The van der Waals surface area contributed by atoms with Crippen LogP contribution >= 0.6 is 0 Å². The fraction of sp³-hybridized carbons (Fsp3) is 0.211. The van der Waals surface area contributed by atoms with Gasteiger partial charge in [0.1, 0.15) is 11.6 Å². The molecule has 5 nitrogen and oxygen atoms in total. The van der Waals surface area contributed by atoms with E-state index in [4.69, 9.17) is 0 Å². The van der Waals surface area contributed by atoms with Crippen molar-refractivity contribution in [2.45, 2.75) is 19.5 Å². The zero-order valence-electron chi connectivity index (χ0n) is 14.2. The van der Waals surface area contributed by atoms with Crippen LogP contribution in [0.2, 0.25) is 0 Å². The van der Waals surface area contributed by atoms with Gasteiger partial charge in [-0.15, -0.1) is 0 Å². The van der Waals surface area contributed by atoms with E-state index < -0.39 is 0 Å². The number of anilines is 1. The molecule has 6 heteroatoms.